The molecular formula is C12H14BNO. The Labute approximate surface area is 92.0 Å². The van der Waals surface area contributed by atoms with Gasteiger partial charge in [0.15, 0.2) is 0 Å². The van der Waals surface area contributed by atoms with Gasteiger partial charge in [0.2, 0.25) is 7.98 Å². The standard InChI is InChI=1S/C12H14BNO/c1-3-6-11-7-4-5-8-12(11)14(13)9-10(2)15/h3-8H,9H2,1-2H3/b6-3+. The molecular weight excluding hydrogens is 185 g/mol. The van der Waals surface area contributed by atoms with Gasteiger partial charge in [-0.05, 0) is 25.5 Å². The molecule has 0 amide bonds. The zero-order valence-corrected chi connectivity index (χ0v) is 9.10. The van der Waals surface area contributed by atoms with E-state index in [-0.39, 0.29) is 12.3 Å². The van der Waals surface area contributed by atoms with Gasteiger partial charge < -0.3 is 4.81 Å². The minimum atomic E-state index is 0.0489. The van der Waals surface area contributed by atoms with E-state index in [9.17, 15) is 4.79 Å². The molecule has 1 aromatic rings. The third kappa shape index (κ3) is 3.28. The molecule has 3 heteroatoms. The fraction of sp³-hybridized carbons (Fsp3) is 0.250. The lowest BCUT2D eigenvalue weighted by Gasteiger charge is -2.20. The molecule has 76 valence electrons. The normalized spacial score (nSPS) is 10.5. The Balaban J connectivity index is 2.96. The maximum atomic E-state index is 11.0. The van der Waals surface area contributed by atoms with Gasteiger partial charge in [0.1, 0.15) is 5.78 Å². The molecule has 0 aliphatic heterocycles. The first-order valence-corrected chi connectivity index (χ1v) is 4.88. The lowest BCUT2D eigenvalue weighted by molar-refractivity contribution is -0.115. The molecule has 1 rings (SSSR count). The first kappa shape index (κ1) is 11.6. The van der Waals surface area contributed by atoms with Crippen LogP contribution in [-0.4, -0.2) is 20.3 Å². The van der Waals surface area contributed by atoms with E-state index >= 15 is 0 Å². The van der Waals surface area contributed by atoms with Crippen molar-refractivity contribution in [1.82, 2.24) is 0 Å². The summed E-state index contributed by atoms with van der Waals surface area (Å²) in [5.74, 6) is 0.0489. The Hall–Kier alpha value is -1.51. The molecule has 0 aromatic heterocycles. The Morgan fingerprint density at radius 2 is 2.13 bits per heavy atom. The number of rotatable bonds is 4. The molecule has 0 aliphatic carbocycles. The summed E-state index contributed by atoms with van der Waals surface area (Å²) in [6, 6.07) is 7.72. The summed E-state index contributed by atoms with van der Waals surface area (Å²) in [5.41, 5.74) is 1.88. The molecule has 0 spiro atoms. The van der Waals surface area contributed by atoms with Gasteiger partial charge in [-0.3, -0.25) is 4.79 Å². The topological polar surface area (TPSA) is 20.3 Å². The van der Waals surface area contributed by atoms with E-state index in [1.807, 2.05) is 43.3 Å². The van der Waals surface area contributed by atoms with Crippen molar-refractivity contribution in [3.05, 3.63) is 35.9 Å². The monoisotopic (exact) mass is 199 g/mol. The average Bonchev–Trinajstić information content (AvgIpc) is 2.18. The minimum Gasteiger partial charge on any atom is -0.418 e. The zero-order valence-electron chi connectivity index (χ0n) is 9.10. The van der Waals surface area contributed by atoms with E-state index in [4.69, 9.17) is 7.98 Å². The molecule has 15 heavy (non-hydrogen) atoms. The number of hydrogen-bond acceptors (Lipinski definition) is 2. The van der Waals surface area contributed by atoms with Crippen LogP contribution in [0.2, 0.25) is 0 Å². The van der Waals surface area contributed by atoms with Gasteiger partial charge in [0, 0.05) is 5.69 Å². The van der Waals surface area contributed by atoms with Crippen molar-refractivity contribution in [2.45, 2.75) is 13.8 Å². The van der Waals surface area contributed by atoms with E-state index in [1.165, 1.54) is 11.7 Å². The molecule has 1 aromatic carbocycles. The van der Waals surface area contributed by atoms with Crippen LogP contribution in [0.25, 0.3) is 6.08 Å². The summed E-state index contributed by atoms with van der Waals surface area (Å²) >= 11 is 0. The molecule has 2 nitrogen and oxygen atoms in total. The maximum absolute atomic E-state index is 11.0. The summed E-state index contributed by atoms with van der Waals surface area (Å²) in [6.45, 7) is 3.70. The number of Topliss-reactive ketones (excluding diaryl/α,β-unsaturated/α-hetero) is 1. The molecule has 0 heterocycles. The second-order valence-corrected chi connectivity index (χ2v) is 3.39. The number of para-hydroxylation sites is 1. The highest BCUT2D eigenvalue weighted by Crippen LogP contribution is 2.19. The number of carbonyl (C=O) groups is 1. The van der Waals surface area contributed by atoms with E-state index < -0.39 is 0 Å². The Morgan fingerprint density at radius 1 is 1.47 bits per heavy atom. The number of nitrogens with zero attached hydrogens (tertiary/aromatic N) is 1. The van der Waals surface area contributed by atoms with Crippen LogP contribution in [0.15, 0.2) is 30.3 Å². The van der Waals surface area contributed by atoms with Gasteiger partial charge in [-0.1, -0.05) is 30.4 Å². The average molecular weight is 199 g/mol. The van der Waals surface area contributed by atoms with Crippen molar-refractivity contribution < 1.29 is 4.79 Å². The third-order valence-electron chi connectivity index (χ3n) is 1.99. The van der Waals surface area contributed by atoms with Crippen molar-refractivity contribution >= 4 is 25.5 Å². The fourth-order valence-corrected chi connectivity index (χ4v) is 1.39. The van der Waals surface area contributed by atoms with Crippen LogP contribution in [0.4, 0.5) is 5.69 Å². The molecule has 2 radical (unpaired) electrons. The van der Waals surface area contributed by atoms with Gasteiger partial charge in [0.05, 0.1) is 6.54 Å². The molecule has 0 saturated carbocycles. The van der Waals surface area contributed by atoms with Crippen LogP contribution >= 0.6 is 0 Å². The first-order valence-electron chi connectivity index (χ1n) is 4.88. The van der Waals surface area contributed by atoms with Crippen molar-refractivity contribution in [1.29, 1.82) is 0 Å². The number of ketones is 1. The number of benzene rings is 1. The summed E-state index contributed by atoms with van der Waals surface area (Å²) in [6.07, 6.45) is 3.91. The van der Waals surface area contributed by atoms with Crippen molar-refractivity contribution in [3.63, 3.8) is 0 Å². The van der Waals surface area contributed by atoms with Gasteiger partial charge in [-0.15, -0.1) is 0 Å². The van der Waals surface area contributed by atoms with Gasteiger partial charge in [-0.2, -0.15) is 0 Å². The molecule has 0 unspecified atom stereocenters. The second-order valence-electron chi connectivity index (χ2n) is 3.39. The number of allylic oxidation sites excluding steroid dienone is 1. The third-order valence-corrected chi connectivity index (χ3v) is 1.99. The van der Waals surface area contributed by atoms with Crippen LogP contribution in [0, 0.1) is 0 Å². The summed E-state index contributed by atoms with van der Waals surface area (Å²) in [4.78, 5) is 12.4. The summed E-state index contributed by atoms with van der Waals surface area (Å²) < 4.78 is 0. The van der Waals surface area contributed by atoms with Gasteiger partial charge in [0.25, 0.3) is 0 Å². The quantitative estimate of drug-likeness (QED) is 0.692. The Kier molecular flexibility index (Phi) is 4.16. The summed E-state index contributed by atoms with van der Waals surface area (Å²) in [5, 5.41) is 0. The Morgan fingerprint density at radius 3 is 2.73 bits per heavy atom. The number of hydrogen-bond donors (Lipinski definition) is 0. The summed E-state index contributed by atoms with van der Waals surface area (Å²) in [7, 11) is 5.81. The highest BCUT2D eigenvalue weighted by Gasteiger charge is 2.05. The lowest BCUT2D eigenvalue weighted by atomic mass is 10.1. The molecule has 0 bridgehead atoms. The van der Waals surface area contributed by atoms with Crippen LogP contribution in [0.3, 0.4) is 0 Å². The molecule has 0 fully saturated rings. The van der Waals surface area contributed by atoms with Crippen LogP contribution in [0.5, 0.6) is 0 Å². The Bertz CT molecular complexity index is 374. The lowest BCUT2D eigenvalue weighted by Crippen LogP contribution is -2.25. The molecule has 0 aliphatic rings. The minimum absolute atomic E-state index is 0.0489. The van der Waals surface area contributed by atoms with E-state index in [0.717, 1.165) is 11.3 Å². The number of anilines is 1. The van der Waals surface area contributed by atoms with E-state index in [1.54, 1.807) is 0 Å². The van der Waals surface area contributed by atoms with Gasteiger partial charge >= 0.3 is 0 Å². The second kappa shape index (κ2) is 5.39. The highest BCUT2D eigenvalue weighted by atomic mass is 16.1. The van der Waals surface area contributed by atoms with Crippen LogP contribution in [0.1, 0.15) is 19.4 Å². The fourth-order valence-electron chi connectivity index (χ4n) is 1.39. The highest BCUT2D eigenvalue weighted by molar-refractivity contribution is 6.20. The largest absolute Gasteiger partial charge is 0.418 e. The molecule has 0 atom stereocenters. The van der Waals surface area contributed by atoms with Crippen molar-refractivity contribution in [3.8, 4) is 0 Å². The van der Waals surface area contributed by atoms with Crippen LogP contribution in [-0.2, 0) is 4.79 Å². The predicted molar refractivity (Wildman–Crippen MR) is 64.9 cm³/mol. The molecule has 0 saturated heterocycles. The maximum Gasteiger partial charge on any atom is 0.227 e. The molecule has 0 N–H and O–H groups in total. The first-order chi connectivity index (χ1) is 7.15. The SMILES string of the molecule is [B]N(CC(C)=O)c1ccccc1/C=C/C. The van der Waals surface area contributed by atoms with Gasteiger partial charge in [-0.25, -0.2) is 0 Å². The zero-order chi connectivity index (χ0) is 11.3. The van der Waals surface area contributed by atoms with Crippen LogP contribution < -0.4 is 4.81 Å². The predicted octanol–water partition coefficient (Wildman–Crippen LogP) is 2.20. The smallest absolute Gasteiger partial charge is 0.227 e. The van der Waals surface area contributed by atoms with Crippen molar-refractivity contribution in [2.75, 3.05) is 11.4 Å². The van der Waals surface area contributed by atoms with E-state index in [2.05, 4.69) is 0 Å². The van der Waals surface area contributed by atoms with Crippen molar-refractivity contribution in [2.24, 2.45) is 0 Å². The number of carbonyl (C=O) groups excluding carboxylic acids is 1. The van der Waals surface area contributed by atoms with E-state index in [0.29, 0.717) is 0 Å².